The van der Waals surface area contributed by atoms with E-state index in [1.54, 1.807) is 10.6 Å². The van der Waals surface area contributed by atoms with Gasteiger partial charge in [0.25, 0.3) is 0 Å². The fraction of sp³-hybridized carbons (Fsp3) is 0.0833. The first-order valence-electron chi connectivity index (χ1n) is 5.35. The molecule has 0 saturated carbocycles. The number of carbonyl (C=O) groups is 1. The molecule has 90 valence electrons. The van der Waals surface area contributed by atoms with Gasteiger partial charge in [0.15, 0.2) is 5.13 Å². The van der Waals surface area contributed by atoms with Crippen molar-refractivity contribution in [2.24, 2.45) is 0 Å². The molecule has 0 unspecified atom stereocenters. The van der Waals surface area contributed by atoms with Gasteiger partial charge in [-0.1, -0.05) is 11.3 Å². The van der Waals surface area contributed by atoms with Crippen LogP contribution in [0.5, 0.6) is 0 Å². The Morgan fingerprint density at radius 1 is 1.39 bits per heavy atom. The van der Waals surface area contributed by atoms with Gasteiger partial charge in [-0.15, -0.1) is 0 Å². The van der Waals surface area contributed by atoms with Crippen LogP contribution in [0.15, 0.2) is 30.7 Å². The highest BCUT2D eigenvalue weighted by molar-refractivity contribution is 7.17. The summed E-state index contributed by atoms with van der Waals surface area (Å²) in [5.74, 6) is -0.111. The molecule has 0 aliphatic carbocycles. The van der Waals surface area contributed by atoms with Crippen LogP contribution in [0.25, 0.3) is 5.65 Å². The first-order chi connectivity index (χ1) is 8.65. The Labute approximate surface area is 107 Å². The van der Waals surface area contributed by atoms with E-state index in [1.807, 2.05) is 25.3 Å². The third-order valence-corrected chi connectivity index (χ3v) is 3.47. The Hall–Kier alpha value is -2.21. The summed E-state index contributed by atoms with van der Waals surface area (Å²) in [5, 5.41) is 0.392. The molecule has 0 aliphatic rings. The van der Waals surface area contributed by atoms with Gasteiger partial charge in [0.1, 0.15) is 11.3 Å². The van der Waals surface area contributed by atoms with Crippen LogP contribution in [0.1, 0.15) is 20.9 Å². The maximum atomic E-state index is 12.3. The second kappa shape index (κ2) is 3.92. The predicted octanol–water partition coefficient (Wildman–Crippen LogP) is 1.91. The van der Waals surface area contributed by atoms with Gasteiger partial charge < -0.3 is 5.73 Å². The van der Waals surface area contributed by atoms with E-state index in [1.165, 1.54) is 17.5 Å². The normalized spacial score (nSPS) is 10.9. The number of imidazole rings is 1. The second-order valence-corrected chi connectivity index (χ2v) is 5.03. The third kappa shape index (κ3) is 1.67. The molecule has 3 rings (SSSR count). The third-order valence-electron chi connectivity index (χ3n) is 2.65. The average molecular weight is 258 g/mol. The average Bonchev–Trinajstić information content (AvgIpc) is 2.94. The molecule has 0 saturated heterocycles. The molecular weight excluding hydrogens is 248 g/mol. The maximum absolute atomic E-state index is 12.3. The van der Waals surface area contributed by atoms with Gasteiger partial charge in [-0.3, -0.25) is 9.20 Å². The zero-order valence-corrected chi connectivity index (χ0v) is 10.4. The van der Waals surface area contributed by atoms with E-state index < -0.39 is 0 Å². The number of pyridine rings is 1. The number of ketones is 1. The molecule has 0 spiro atoms. The molecular formula is C12H10N4OS. The lowest BCUT2D eigenvalue weighted by atomic mass is 10.2. The number of hydrogen-bond donors (Lipinski definition) is 1. The highest BCUT2D eigenvalue weighted by atomic mass is 32.1. The van der Waals surface area contributed by atoms with Crippen LogP contribution in [0, 0.1) is 6.92 Å². The van der Waals surface area contributed by atoms with Crippen molar-refractivity contribution in [1.82, 2.24) is 14.4 Å². The summed E-state index contributed by atoms with van der Waals surface area (Å²) in [6.45, 7) is 1.99. The summed E-state index contributed by atoms with van der Waals surface area (Å²) in [4.78, 5) is 20.9. The monoisotopic (exact) mass is 258 g/mol. The molecule has 0 aliphatic heterocycles. The Balaban J connectivity index is 2.12. The van der Waals surface area contributed by atoms with Gasteiger partial charge in [-0.25, -0.2) is 9.97 Å². The summed E-state index contributed by atoms with van der Waals surface area (Å²) >= 11 is 1.18. The van der Waals surface area contributed by atoms with E-state index >= 15 is 0 Å². The fourth-order valence-corrected chi connectivity index (χ4v) is 2.40. The van der Waals surface area contributed by atoms with Crippen molar-refractivity contribution < 1.29 is 4.79 Å². The van der Waals surface area contributed by atoms with Gasteiger partial charge in [-0.2, -0.15) is 0 Å². The maximum Gasteiger partial charge on any atom is 0.222 e. The molecule has 0 aromatic carbocycles. The van der Waals surface area contributed by atoms with E-state index in [0.29, 0.717) is 15.7 Å². The van der Waals surface area contributed by atoms with Crippen molar-refractivity contribution in [3.63, 3.8) is 0 Å². The number of rotatable bonds is 2. The largest absolute Gasteiger partial charge is 0.375 e. The Kier molecular flexibility index (Phi) is 2.38. The van der Waals surface area contributed by atoms with Crippen molar-refractivity contribution >= 4 is 27.9 Å². The Morgan fingerprint density at radius 2 is 2.22 bits per heavy atom. The molecule has 5 nitrogen and oxygen atoms in total. The van der Waals surface area contributed by atoms with E-state index in [4.69, 9.17) is 5.73 Å². The highest BCUT2D eigenvalue weighted by Gasteiger charge is 2.16. The number of aromatic nitrogens is 3. The first kappa shape index (κ1) is 10.9. The van der Waals surface area contributed by atoms with E-state index in [-0.39, 0.29) is 5.78 Å². The molecule has 0 bridgehead atoms. The highest BCUT2D eigenvalue weighted by Crippen LogP contribution is 2.19. The smallest absolute Gasteiger partial charge is 0.222 e. The van der Waals surface area contributed by atoms with Crippen LogP contribution in [0.3, 0.4) is 0 Å². The number of nitrogen functional groups attached to an aromatic ring is 1. The van der Waals surface area contributed by atoms with Crippen LogP contribution >= 0.6 is 11.3 Å². The molecule has 3 aromatic rings. The zero-order chi connectivity index (χ0) is 12.7. The molecule has 0 amide bonds. The number of nitrogens with two attached hydrogens (primary N) is 1. The van der Waals surface area contributed by atoms with Crippen LogP contribution in [0.4, 0.5) is 5.13 Å². The van der Waals surface area contributed by atoms with Crippen LogP contribution in [-0.4, -0.2) is 20.2 Å². The topological polar surface area (TPSA) is 73.3 Å². The van der Waals surface area contributed by atoms with Gasteiger partial charge in [0.2, 0.25) is 5.78 Å². The van der Waals surface area contributed by atoms with Crippen molar-refractivity contribution in [2.75, 3.05) is 5.73 Å². The van der Waals surface area contributed by atoms with Gasteiger partial charge in [-0.05, 0) is 24.6 Å². The number of hydrogen-bond acceptors (Lipinski definition) is 5. The Bertz CT molecular complexity index is 743. The number of carbonyl (C=O) groups excluding carboxylic acids is 1. The van der Waals surface area contributed by atoms with Crippen molar-refractivity contribution in [3.05, 3.63) is 46.9 Å². The van der Waals surface area contributed by atoms with E-state index in [9.17, 15) is 4.79 Å². The molecule has 0 fully saturated rings. The summed E-state index contributed by atoms with van der Waals surface area (Å²) in [6, 6.07) is 3.87. The van der Waals surface area contributed by atoms with Gasteiger partial charge >= 0.3 is 0 Å². The fourth-order valence-electron chi connectivity index (χ4n) is 1.77. The second-order valence-electron chi connectivity index (χ2n) is 3.97. The van der Waals surface area contributed by atoms with Crippen LogP contribution < -0.4 is 5.73 Å². The summed E-state index contributed by atoms with van der Waals surface area (Å²) in [6.07, 6.45) is 4.91. The van der Waals surface area contributed by atoms with Gasteiger partial charge in [0, 0.05) is 6.20 Å². The number of thiazole rings is 1. The minimum absolute atomic E-state index is 0.111. The summed E-state index contributed by atoms with van der Waals surface area (Å²) < 4.78 is 1.77. The lowest BCUT2D eigenvalue weighted by Gasteiger charge is -1.99. The number of fused-ring (bicyclic) bond motifs is 1. The zero-order valence-electron chi connectivity index (χ0n) is 9.62. The van der Waals surface area contributed by atoms with Crippen LogP contribution in [-0.2, 0) is 0 Å². The predicted molar refractivity (Wildman–Crippen MR) is 69.9 cm³/mol. The van der Waals surface area contributed by atoms with E-state index in [0.717, 1.165) is 11.2 Å². The molecule has 3 aromatic heterocycles. The SMILES string of the molecule is Cc1ccn2c(C(=O)c3cnc(N)s3)cnc2c1. The van der Waals surface area contributed by atoms with Crippen molar-refractivity contribution in [2.45, 2.75) is 6.92 Å². The minimum Gasteiger partial charge on any atom is -0.375 e. The van der Waals surface area contributed by atoms with Crippen LogP contribution in [0.2, 0.25) is 0 Å². The molecule has 2 N–H and O–H groups in total. The molecule has 0 radical (unpaired) electrons. The molecule has 6 heteroatoms. The van der Waals surface area contributed by atoms with Crippen molar-refractivity contribution in [1.29, 1.82) is 0 Å². The molecule has 18 heavy (non-hydrogen) atoms. The van der Waals surface area contributed by atoms with Crippen molar-refractivity contribution in [3.8, 4) is 0 Å². The van der Waals surface area contributed by atoms with Gasteiger partial charge in [0.05, 0.1) is 17.3 Å². The molecule has 3 heterocycles. The number of anilines is 1. The first-order valence-corrected chi connectivity index (χ1v) is 6.16. The molecule has 0 atom stereocenters. The standard InChI is InChI=1S/C12H10N4OS/c1-7-2-3-16-8(5-14-10(16)4-7)11(17)9-6-15-12(13)18-9/h2-6H,1H3,(H2,13,15). The lowest BCUT2D eigenvalue weighted by Crippen LogP contribution is -2.03. The number of nitrogens with zero attached hydrogens (tertiary/aromatic N) is 3. The lowest BCUT2D eigenvalue weighted by molar-refractivity contribution is 0.103. The quantitative estimate of drug-likeness (QED) is 0.713. The minimum atomic E-state index is -0.111. The summed E-state index contributed by atoms with van der Waals surface area (Å²) in [7, 11) is 0. The number of aryl methyl sites for hydroxylation is 1. The summed E-state index contributed by atoms with van der Waals surface area (Å²) in [5.41, 5.74) is 7.92. The van der Waals surface area contributed by atoms with E-state index in [2.05, 4.69) is 9.97 Å². The Morgan fingerprint density at radius 3 is 2.94 bits per heavy atom.